The number of aryl methyl sites for hydroxylation is 1. The fourth-order valence-electron chi connectivity index (χ4n) is 12.5. The molecule has 0 saturated carbocycles. The van der Waals surface area contributed by atoms with E-state index in [2.05, 4.69) is 30.4 Å². The van der Waals surface area contributed by atoms with Crippen LogP contribution in [0.25, 0.3) is 21.8 Å². The SMILES string of the molecule is COc1cc(C)c2[nH]ccc2c1CN1CCN(CC(F)F)C[C@@H]1c1ccc(C(=O)O)c(NC2CCOCC2Cc2cc(OC)c(CN3CCN(CC(F)F)C[C@H]3c3ccc(C(O)O)c(NC4CCOCC4)c3)c3cc[nH]c23)c1. The fraction of sp³-hybridized carbons (Fsp3) is 0.500. The summed E-state index contributed by atoms with van der Waals surface area (Å²) in [7, 11) is 3.28. The molecule has 4 aliphatic heterocycles. The maximum atomic E-state index is 14.0. The minimum atomic E-state index is -2.51. The van der Waals surface area contributed by atoms with E-state index in [0.29, 0.717) is 114 Å². The Balaban J connectivity index is 0.926. The molecule has 10 rings (SSSR count). The Labute approximate surface area is 451 Å². The summed E-state index contributed by atoms with van der Waals surface area (Å²) in [5.41, 5.74) is 8.96. The third-order valence-corrected chi connectivity index (χ3v) is 16.5. The van der Waals surface area contributed by atoms with Crippen LogP contribution in [0.1, 0.15) is 86.9 Å². The van der Waals surface area contributed by atoms with Gasteiger partial charge in [-0.2, -0.15) is 0 Å². The van der Waals surface area contributed by atoms with E-state index in [9.17, 15) is 37.7 Å². The molecular formula is C58H72F4N8O8. The number of hydrogen-bond acceptors (Lipinski definition) is 13. The number of carboxylic acid groups (broad SMARTS) is 1. The van der Waals surface area contributed by atoms with Crippen molar-refractivity contribution in [1.82, 2.24) is 29.6 Å². The van der Waals surface area contributed by atoms with Gasteiger partial charge in [-0.3, -0.25) is 19.6 Å². The van der Waals surface area contributed by atoms with Crippen molar-refractivity contribution in [3.63, 3.8) is 0 Å². The normalized spacial score (nSPS) is 21.6. The van der Waals surface area contributed by atoms with Crippen LogP contribution in [0, 0.1) is 12.8 Å². The zero-order valence-corrected chi connectivity index (χ0v) is 44.5. The molecule has 2 unspecified atom stereocenters. The number of aliphatic hydroxyl groups excluding tert-OH is 1. The first kappa shape index (κ1) is 55.3. The number of hydrogen-bond donors (Lipinski definition) is 7. The highest BCUT2D eigenvalue weighted by Crippen LogP contribution is 2.41. The van der Waals surface area contributed by atoms with E-state index in [0.717, 1.165) is 73.8 Å². The summed E-state index contributed by atoms with van der Waals surface area (Å²) in [6, 6.07) is 18.1. The lowest BCUT2D eigenvalue weighted by Crippen LogP contribution is -2.49. The number of nitrogens with one attached hydrogen (secondary N) is 4. The van der Waals surface area contributed by atoms with Gasteiger partial charge in [-0.25, -0.2) is 22.4 Å². The summed E-state index contributed by atoms with van der Waals surface area (Å²) in [5, 5.41) is 40.5. The summed E-state index contributed by atoms with van der Waals surface area (Å²) >= 11 is 0. The van der Waals surface area contributed by atoms with Gasteiger partial charge in [0, 0.05) is 165 Å². The van der Waals surface area contributed by atoms with E-state index in [-0.39, 0.29) is 48.7 Å². The molecule has 4 fully saturated rings. The van der Waals surface area contributed by atoms with Gasteiger partial charge in [-0.1, -0.05) is 18.2 Å². The number of rotatable bonds is 20. The molecule has 78 heavy (non-hydrogen) atoms. The highest BCUT2D eigenvalue weighted by molar-refractivity contribution is 5.94. The molecule has 0 radical (unpaired) electrons. The molecule has 0 spiro atoms. The number of methoxy groups -OCH3 is 2. The van der Waals surface area contributed by atoms with Crippen molar-refractivity contribution in [2.75, 3.05) is 104 Å². The van der Waals surface area contributed by atoms with E-state index in [1.165, 1.54) is 0 Å². The number of halogens is 4. The number of anilines is 2. The smallest absolute Gasteiger partial charge is 0.337 e. The number of carboxylic acids is 1. The molecule has 4 aromatic carbocycles. The minimum Gasteiger partial charge on any atom is -0.496 e. The number of carbonyl (C=O) groups is 1. The molecule has 4 saturated heterocycles. The molecule has 6 heterocycles. The Morgan fingerprint density at radius 3 is 1.90 bits per heavy atom. The van der Waals surface area contributed by atoms with E-state index in [4.69, 9.17) is 18.9 Å². The number of fused-ring (bicyclic) bond motifs is 2. The number of H-pyrrole nitrogens is 2. The predicted octanol–water partition coefficient (Wildman–Crippen LogP) is 8.55. The van der Waals surface area contributed by atoms with E-state index >= 15 is 0 Å². The van der Waals surface area contributed by atoms with Gasteiger partial charge in [0.2, 0.25) is 0 Å². The molecule has 20 heteroatoms. The van der Waals surface area contributed by atoms with Crippen LogP contribution in [-0.4, -0.2) is 169 Å². The number of nitrogens with zero attached hydrogens (tertiary/aromatic N) is 4. The second kappa shape index (κ2) is 24.6. The topological polar surface area (TPSA) is 183 Å². The number of aromatic amines is 2. The standard InChI is InChI=1S/C58H72F4N8O8/c1-34-22-51(75-2)44(40-8-13-63-55(34)40)27-69-17-15-68(32-54(61)62)30-50(69)36-5-7-43(58(73)74)48(25-36)66-46-12-21-78-33-38(46)23-37-26-52(76-3)45(41-9-14-64-56(37)41)28-70-18-16-67(31-53(59)60)29-49(70)35-4-6-42(57(71)72)47(24-35)65-39-10-19-77-20-11-39/h4-9,13-14,22,24-26,38-39,46,49-50,53-54,57,63-66,71-72H,10-12,15-21,23,27-33H2,1-3H3,(H,73,74)/t38?,46?,49-,50+/m0/s1. The van der Waals surface area contributed by atoms with E-state index in [1.807, 2.05) is 61.8 Å². The summed E-state index contributed by atoms with van der Waals surface area (Å²) in [4.78, 5) is 27.9. The molecule has 0 aliphatic carbocycles. The number of ether oxygens (including phenoxy) is 4. The van der Waals surface area contributed by atoms with Gasteiger partial charge in [0.15, 0.2) is 6.29 Å². The molecule has 0 amide bonds. The molecule has 4 atom stereocenters. The van der Waals surface area contributed by atoms with Crippen LogP contribution in [0.5, 0.6) is 11.5 Å². The van der Waals surface area contributed by atoms with Crippen molar-refractivity contribution in [3.8, 4) is 11.5 Å². The quantitative estimate of drug-likeness (QED) is 0.0285. The highest BCUT2D eigenvalue weighted by Gasteiger charge is 2.36. The summed E-state index contributed by atoms with van der Waals surface area (Å²) in [6.07, 6.45) is -0.282. The van der Waals surface area contributed by atoms with Crippen molar-refractivity contribution in [2.45, 2.75) is 89.0 Å². The van der Waals surface area contributed by atoms with E-state index < -0.39 is 25.1 Å². The highest BCUT2D eigenvalue weighted by atomic mass is 19.3. The first-order valence-corrected chi connectivity index (χ1v) is 27.1. The Morgan fingerprint density at radius 1 is 0.718 bits per heavy atom. The first-order valence-electron chi connectivity index (χ1n) is 27.1. The summed E-state index contributed by atoms with van der Waals surface area (Å²) in [5.74, 6) is 0.187. The molecular weight excluding hydrogens is 1010 g/mol. The number of benzene rings is 4. The number of alkyl halides is 4. The minimum absolute atomic E-state index is 0.0691. The van der Waals surface area contributed by atoms with Crippen LogP contribution >= 0.6 is 0 Å². The van der Waals surface area contributed by atoms with Crippen molar-refractivity contribution in [2.24, 2.45) is 5.92 Å². The number of aromatic carboxylic acids is 1. The second-order valence-electron chi connectivity index (χ2n) is 21.3. The Morgan fingerprint density at radius 2 is 1.29 bits per heavy atom. The first-order chi connectivity index (χ1) is 37.7. The molecule has 4 aliphatic rings. The summed E-state index contributed by atoms with van der Waals surface area (Å²) in [6.45, 7) is 6.75. The van der Waals surface area contributed by atoms with Crippen LogP contribution in [0.2, 0.25) is 0 Å². The lowest BCUT2D eigenvalue weighted by Gasteiger charge is -2.42. The van der Waals surface area contributed by atoms with Crippen LogP contribution < -0.4 is 20.1 Å². The van der Waals surface area contributed by atoms with E-state index in [1.54, 1.807) is 42.2 Å². The molecule has 7 N–H and O–H groups in total. The second-order valence-corrected chi connectivity index (χ2v) is 21.3. The third kappa shape index (κ3) is 12.3. The average molecular weight is 1090 g/mol. The molecule has 0 bridgehead atoms. The maximum Gasteiger partial charge on any atom is 0.337 e. The van der Waals surface area contributed by atoms with Crippen LogP contribution in [-0.2, 0) is 29.0 Å². The zero-order valence-electron chi connectivity index (χ0n) is 44.5. The van der Waals surface area contributed by atoms with Gasteiger partial charge < -0.3 is 54.9 Å². The molecule has 6 aromatic rings. The monoisotopic (exact) mass is 1080 g/mol. The Hall–Kier alpha value is -5.97. The average Bonchev–Trinajstić information content (AvgIpc) is 4.23. The number of aromatic nitrogens is 2. The van der Waals surface area contributed by atoms with Crippen LogP contribution in [0.15, 0.2) is 73.1 Å². The Bertz CT molecular complexity index is 3020. The van der Waals surface area contributed by atoms with Gasteiger partial charge in [-0.15, -0.1) is 0 Å². The third-order valence-electron chi connectivity index (χ3n) is 16.5. The molecule has 16 nitrogen and oxygen atoms in total. The zero-order chi connectivity index (χ0) is 54.6. The number of aliphatic hydroxyl groups is 2. The van der Waals surface area contributed by atoms with Crippen molar-refractivity contribution in [3.05, 3.63) is 118 Å². The molecule has 2 aromatic heterocycles. The lowest BCUT2D eigenvalue weighted by molar-refractivity contribution is -0.0420. The number of piperazine rings is 2. The summed E-state index contributed by atoms with van der Waals surface area (Å²) < 4.78 is 79.6. The van der Waals surface area contributed by atoms with Crippen LogP contribution in [0.4, 0.5) is 28.9 Å². The largest absolute Gasteiger partial charge is 0.496 e. The van der Waals surface area contributed by atoms with Gasteiger partial charge in [0.25, 0.3) is 12.9 Å². The van der Waals surface area contributed by atoms with Crippen LogP contribution in [0.3, 0.4) is 0 Å². The van der Waals surface area contributed by atoms with Crippen molar-refractivity contribution < 1.29 is 56.6 Å². The van der Waals surface area contributed by atoms with Gasteiger partial charge in [0.1, 0.15) is 11.5 Å². The van der Waals surface area contributed by atoms with Gasteiger partial charge in [0.05, 0.1) is 39.5 Å². The van der Waals surface area contributed by atoms with Gasteiger partial charge in [-0.05, 0) is 97.3 Å². The Kier molecular flexibility index (Phi) is 17.4. The fourth-order valence-corrected chi connectivity index (χ4v) is 12.5. The van der Waals surface area contributed by atoms with Gasteiger partial charge >= 0.3 is 5.97 Å². The van der Waals surface area contributed by atoms with Crippen molar-refractivity contribution >= 4 is 39.1 Å². The molecule has 420 valence electrons. The maximum absolute atomic E-state index is 14.0. The predicted molar refractivity (Wildman–Crippen MR) is 290 cm³/mol. The van der Waals surface area contributed by atoms with Crippen molar-refractivity contribution in [1.29, 1.82) is 0 Å². The lowest BCUT2D eigenvalue weighted by atomic mass is 9.87.